The molecule has 0 aromatic carbocycles. The summed E-state index contributed by atoms with van der Waals surface area (Å²) in [5.41, 5.74) is 0. The molecule has 2 heteroatoms. The Hall–Kier alpha value is -0.0800. The van der Waals surface area contributed by atoms with E-state index in [-0.39, 0.29) is 0 Å². The van der Waals surface area contributed by atoms with Crippen LogP contribution in [-0.4, -0.2) is 36.6 Å². The Morgan fingerprint density at radius 2 is 1.67 bits per heavy atom. The SMILES string of the molecule is CNC1CC2CCC(C1)N2CC1CCCCC1C. The van der Waals surface area contributed by atoms with Crippen LogP contribution in [0.15, 0.2) is 0 Å². The van der Waals surface area contributed by atoms with E-state index in [1.807, 2.05) is 0 Å². The summed E-state index contributed by atoms with van der Waals surface area (Å²) in [6.45, 7) is 3.90. The van der Waals surface area contributed by atoms with Gasteiger partial charge in [0.2, 0.25) is 0 Å². The summed E-state index contributed by atoms with van der Waals surface area (Å²) in [5, 5.41) is 3.51. The fourth-order valence-electron chi connectivity index (χ4n) is 4.74. The van der Waals surface area contributed by atoms with Crippen molar-refractivity contribution in [3.8, 4) is 0 Å². The Labute approximate surface area is 113 Å². The van der Waals surface area contributed by atoms with Crippen LogP contribution in [0.2, 0.25) is 0 Å². The summed E-state index contributed by atoms with van der Waals surface area (Å²) in [4.78, 5) is 2.90. The monoisotopic (exact) mass is 250 g/mol. The van der Waals surface area contributed by atoms with E-state index in [4.69, 9.17) is 0 Å². The number of hydrogen-bond acceptors (Lipinski definition) is 2. The van der Waals surface area contributed by atoms with Gasteiger partial charge < -0.3 is 5.32 Å². The Morgan fingerprint density at radius 3 is 2.28 bits per heavy atom. The average Bonchev–Trinajstić information content (AvgIpc) is 2.63. The first-order valence-corrected chi connectivity index (χ1v) is 8.21. The average molecular weight is 250 g/mol. The zero-order valence-electron chi connectivity index (χ0n) is 12.2. The van der Waals surface area contributed by atoms with Crippen molar-refractivity contribution >= 4 is 0 Å². The van der Waals surface area contributed by atoms with E-state index in [1.165, 1.54) is 57.9 Å². The summed E-state index contributed by atoms with van der Waals surface area (Å²) in [6.07, 6.45) is 11.7. The van der Waals surface area contributed by atoms with Crippen LogP contribution in [0.1, 0.15) is 58.3 Å². The molecule has 0 radical (unpaired) electrons. The predicted molar refractivity (Wildman–Crippen MR) is 76.7 cm³/mol. The molecule has 3 rings (SSSR count). The van der Waals surface area contributed by atoms with Crippen molar-refractivity contribution in [2.75, 3.05) is 13.6 Å². The molecule has 0 aromatic heterocycles. The third-order valence-corrected chi connectivity index (χ3v) is 6.03. The highest BCUT2D eigenvalue weighted by atomic mass is 15.2. The first kappa shape index (κ1) is 12.9. The van der Waals surface area contributed by atoms with E-state index in [0.717, 1.165) is 30.0 Å². The summed E-state index contributed by atoms with van der Waals surface area (Å²) in [5.74, 6) is 1.97. The molecule has 1 saturated carbocycles. The molecule has 104 valence electrons. The molecule has 2 aliphatic heterocycles. The number of nitrogens with zero attached hydrogens (tertiary/aromatic N) is 1. The molecule has 0 aromatic rings. The zero-order valence-corrected chi connectivity index (χ0v) is 12.2. The quantitative estimate of drug-likeness (QED) is 0.828. The Morgan fingerprint density at radius 1 is 1.00 bits per heavy atom. The van der Waals surface area contributed by atoms with Crippen molar-refractivity contribution in [2.24, 2.45) is 11.8 Å². The van der Waals surface area contributed by atoms with Crippen LogP contribution < -0.4 is 5.32 Å². The maximum atomic E-state index is 3.51. The van der Waals surface area contributed by atoms with Crippen molar-refractivity contribution in [2.45, 2.75) is 76.4 Å². The highest BCUT2D eigenvalue weighted by Crippen LogP contribution is 2.39. The molecule has 2 saturated heterocycles. The van der Waals surface area contributed by atoms with E-state index in [1.54, 1.807) is 0 Å². The lowest BCUT2D eigenvalue weighted by molar-refractivity contribution is 0.0750. The van der Waals surface area contributed by atoms with Crippen molar-refractivity contribution < 1.29 is 0 Å². The highest BCUT2D eigenvalue weighted by Gasteiger charge is 2.41. The summed E-state index contributed by atoms with van der Waals surface area (Å²) < 4.78 is 0. The van der Waals surface area contributed by atoms with Gasteiger partial charge in [-0.15, -0.1) is 0 Å². The number of piperidine rings is 1. The summed E-state index contributed by atoms with van der Waals surface area (Å²) in [7, 11) is 2.14. The van der Waals surface area contributed by atoms with E-state index in [2.05, 4.69) is 24.2 Å². The number of hydrogen-bond donors (Lipinski definition) is 1. The molecular formula is C16H30N2. The normalized spacial score (nSPS) is 45.3. The highest BCUT2D eigenvalue weighted by molar-refractivity contribution is 4.98. The first-order valence-electron chi connectivity index (χ1n) is 8.21. The van der Waals surface area contributed by atoms with Gasteiger partial charge in [-0.1, -0.05) is 26.2 Å². The Bertz CT molecular complexity index is 264. The molecule has 2 heterocycles. The Balaban J connectivity index is 1.60. The maximum Gasteiger partial charge on any atom is 0.0114 e. The Kier molecular flexibility index (Phi) is 3.95. The van der Waals surface area contributed by atoms with Crippen molar-refractivity contribution in [3.63, 3.8) is 0 Å². The van der Waals surface area contributed by atoms with Crippen LogP contribution in [0.4, 0.5) is 0 Å². The second-order valence-electron chi connectivity index (χ2n) is 7.06. The summed E-state index contributed by atoms with van der Waals surface area (Å²) in [6, 6.07) is 2.59. The number of fused-ring (bicyclic) bond motifs is 2. The number of nitrogens with one attached hydrogen (secondary N) is 1. The minimum absolute atomic E-state index is 0.794. The van der Waals surface area contributed by atoms with Gasteiger partial charge in [-0.25, -0.2) is 0 Å². The lowest BCUT2D eigenvalue weighted by Crippen LogP contribution is -2.50. The minimum Gasteiger partial charge on any atom is -0.317 e. The molecule has 3 fully saturated rings. The van der Waals surface area contributed by atoms with E-state index >= 15 is 0 Å². The second-order valence-corrected chi connectivity index (χ2v) is 7.06. The molecular weight excluding hydrogens is 220 g/mol. The molecule has 1 N–H and O–H groups in total. The zero-order chi connectivity index (χ0) is 12.5. The van der Waals surface area contributed by atoms with E-state index in [9.17, 15) is 0 Å². The van der Waals surface area contributed by atoms with Gasteiger partial charge in [-0.3, -0.25) is 4.90 Å². The second kappa shape index (κ2) is 5.50. The molecule has 2 bridgehead atoms. The van der Waals surface area contributed by atoms with Gasteiger partial charge in [0.1, 0.15) is 0 Å². The molecule has 1 aliphatic carbocycles. The van der Waals surface area contributed by atoms with Crippen LogP contribution in [0, 0.1) is 11.8 Å². The molecule has 0 amide bonds. The predicted octanol–water partition coefficient (Wildman–Crippen LogP) is 3.03. The summed E-state index contributed by atoms with van der Waals surface area (Å²) >= 11 is 0. The molecule has 18 heavy (non-hydrogen) atoms. The lowest BCUT2D eigenvalue weighted by atomic mass is 9.79. The minimum atomic E-state index is 0.794. The molecule has 2 nitrogen and oxygen atoms in total. The van der Waals surface area contributed by atoms with Crippen molar-refractivity contribution in [1.29, 1.82) is 0 Å². The lowest BCUT2D eigenvalue weighted by Gasteiger charge is -2.42. The van der Waals surface area contributed by atoms with Crippen molar-refractivity contribution in [1.82, 2.24) is 10.2 Å². The van der Waals surface area contributed by atoms with Gasteiger partial charge in [-0.2, -0.15) is 0 Å². The van der Waals surface area contributed by atoms with Crippen LogP contribution in [0.25, 0.3) is 0 Å². The first-order chi connectivity index (χ1) is 8.78. The van der Waals surface area contributed by atoms with Gasteiger partial charge in [0.25, 0.3) is 0 Å². The molecule has 4 atom stereocenters. The fourth-order valence-corrected chi connectivity index (χ4v) is 4.74. The van der Waals surface area contributed by atoms with E-state index < -0.39 is 0 Å². The third-order valence-electron chi connectivity index (χ3n) is 6.03. The van der Waals surface area contributed by atoms with Crippen molar-refractivity contribution in [3.05, 3.63) is 0 Å². The standard InChI is InChI=1S/C16H30N2/c1-12-5-3-4-6-13(12)11-18-15-7-8-16(18)10-14(9-15)17-2/h12-17H,3-11H2,1-2H3. The maximum absolute atomic E-state index is 3.51. The molecule has 3 aliphatic rings. The van der Waals surface area contributed by atoms with Crippen LogP contribution in [0.5, 0.6) is 0 Å². The largest absolute Gasteiger partial charge is 0.317 e. The fraction of sp³-hybridized carbons (Fsp3) is 1.00. The van der Waals surface area contributed by atoms with Gasteiger partial charge in [-0.05, 0) is 51.0 Å². The third kappa shape index (κ3) is 2.46. The number of rotatable bonds is 3. The van der Waals surface area contributed by atoms with Gasteiger partial charge in [0, 0.05) is 24.7 Å². The smallest absolute Gasteiger partial charge is 0.0114 e. The molecule has 4 unspecified atom stereocenters. The van der Waals surface area contributed by atoms with Crippen LogP contribution >= 0.6 is 0 Å². The van der Waals surface area contributed by atoms with Gasteiger partial charge in [0.05, 0.1) is 0 Å². The van der Waals surface area contributed by atoms with Crippen LogP contribution in [0.3, 0.4) is 0 Å². The van der Waals surface area contributed by atoms with Gasteiger partial charge >= 0.3 is 0 Å². The molecule has 0 spiro atoms. The van der Waals surface area contributed by atoms with E-state index in [0.29, 0.717) is 0 Å². The van der Waals surface area contributed by atoms with Gasteiger partial charge in [0.15, 0.2) is 0 Å². The topological polar surface area (TPSA) is 15.3 Å². The van der Waals surface area contributed by atoms with Crippen LogP contribution in [-0.2, 0) is 0 Å².